The number of hydrogen-bond acceptors (Lipinski definition) is 4. The molecule has 3 aliphatic heterocycles. The summed E-state index contributed by atoms with van der Waals surface area (Å²) in [4.78, 5) is 25.0. The first-order chi connectivity index (χ1) is 11.0. The third-order valence-corrected chi connectivity index (χ3v) is 5.35. The van der Waals surface area contributed by atoms with Crippen LogP contribution in [-0.2, 0) is 19.1 Å². The molecule has 23 heavy (non-hydrogen) atoms. The van der Waals surface area contributed by atoms with Crippen LogP contribution >= 0.6 is 0 Å². The Bertz CT molecular complexity index is 457. The van der Waals surface area contributed by atoms with Crippen LogP contribution in [0, 0.1) is 5.92 Å². The van der Waals surface area contributed by atoms with Crippen LogP contribution in [0.15, 0.2) is 0 Å². The number of carboxylic acids is 1. The van der Waals surface area contributed by atoms with Gasteiger partial charge in [0.2, 0.25) is 0 Å². The smallest absolute Gasteiger partial charge is 0.332 e. The molecule has 0 aromatic carbocycles. The third-order valence-electron chi connectivity index (χ3n) is 5.35. The summed E-state index contributed by atoms with van der Waals surface area (Å²) in [6.45, 7) is 1.64. The van der Waals surface area contributed by atoms with E-state index < -0.39 is 23.6 Å². The van der Waals surface area contributed by atoms with Crippen molar-refractivity contribution in [2.45, 2.75) is 56.4 Å². The van der Waals surface area contributed by atoms with Crippen LogP contribution in [-0.4, -0.2) is 66.1 Å². The fraction of sp³-hybridized carbons (Fsp3) is 0.875. The summed E-state index contributed by atoms with van der Waals surface area (Å²) in [7, 11) is 0. The molecule has 3 rings (SSSR count). The number of alkyl halides is 1. The SMILES string of the molecule is O=C(O)[C@H]1CC[C@@H](C2CCN(C(=O)C3(F)CCOCC3)CC2)O1. The average Bonchev–Trinajstić information content (AvgIpc) is 3.05. The molecular weight excluding hydrogens is 305 g/mol. The fourth-order valence-corrected chi connectivity index (χ4v) is 3.86. The molecule has 0 saturated carbocycles. The maximum atomic E-state index is 14.7. The summed E-state index contributed by atoms with van der Waals surface area (Å²) in [5.41, 5.74) is -1.77. The lowest BCUT2D eigenvalue weighted by molar-refractivity contribution is -0.154. The number of rotatable bonds is 3. The number of halogens is 1. The van der Waals surface area contributed by atoms with E-state index in [0.717, 1.165) is 19.3 Å². The molecule has 0 radical (unpaired) electrons. The van der Waals surface area contributed by atoms with Crippen molar-refractivity contribution in [3.8, 4) is 0 Å². The number of carboxylic acid groups (broad SMARTS) is 1. The minimum atomic E-state index is -1.77. The highest BCUT2D eigenvalue weighted by Crippen LogP contribution is 2.34. The van der Waals surface area contributed by atoms with Gasteiger partial charge in [-0.25, -0.2) is 9.18 Å². The summed E-state index contributed by atoms with van der Waals surface area (Å²) in [6.07, 6.45) is 2.32. The third kappa shape index (κ3) is 3.50. The molecule has 3 heterocycles. The Balaban J connectivity index is 1.50. The summed E-state index contributed by atoms with van der Waals surface area (Å²) in [6, 6.07) is 0. The molecule has 1 amide bonds. The molecule has 2 atom stereocenters. The maximum Gasteiger partial charge on any atom is 0.332 e. The second-order valence-electron chi connectivity index (χ2n) is 6.79. The second-order valence-corrected chi connectivity index (χ2v) is 6.79. The number of carbonyl (C=O) groups excluding carboxylic acids is 1. The van der Waals surface area contributed by atoms with Gasteiger partial charge in [-0.05, 0) is 31.6 Å². The van der Waals surface area contributed by atoms with Gasteiger partial charge in [0.15, 0.2) is 11.8 Å². The van der Waals surface area contributed by atoms with E-state index in [1.165, 1.54) is 0 Å². The van der Waals surface area contributed by atoms with Crippen molar-refractivity contribution >= 4 is 11.9 Å². The number of piperidine rings is 1. The van der Waals surface area contributed by atoms with E-state index in [0.29, 0.717) is 32.7 Å². The predicted octanol–water partition coefficient (Wildman–Crippen LogP) is 1.38. The van der Waals surface area contributed by atoms with Gasteiger partial charge in [0.25, 0.3) is 5.91 Å². The second kappa shape index (κ2) is 6.73. The molecular formula is C16H24FNO5. The van der Waals surface area contributed by atoms with Crippen molar-refractivity contribution in [3.05, 3.63) is 0 Å². The summed E-state index contributed by atoms with van der Waals surface area (Å²) < 4.78 is 25.5. The monoisotopic (exact) mass is 329 g/mol. The Kier molecular flexibility index (Phi) is 4.87. The first kappa shape index (κ1) is 16.6. The highest BCUT2D eigenvalue weighted by Gasteiger charge is 2.44. The van der Waals surface area contributed by atoms with Crippen LogP contribution in [0.2, 0.25) is 0 Å². The van der Waals surface area contributed by atoms with Gasteiger partial charge >= 0.3 is 5.97 Å². The van der Waals surface area contributed by atoms with Crippen molar-refractivity contribution in [2.24, 2.45) is 5.92 Å². The Morgan fingerprint density at radius 1 is 1.09 bits per heavy atom. The van der Waals surface area contributed by atoms with Gasteiger partial charge < -0.3 is 19.5 Å². The van der Waals surface area contributed by atoms with Crippen molar-refractivity contribution in [3.63, 3.8) is 0 Å². The predicted molar refractivity (Wildman–Crippen MR) is 78.7 cm³/mol. The molecule has 1 N–H and O–H groups in total. The molecule has 0 aliphatic carbocycles. The number of carbonyl (C=O) groups is 2. The topological polar surface area (TPSA) is 76.1 Å². The molecule has 3 saturated heterocycles. The molecule has 0 spiro atoms. The lowest BCUT2D eigenvalue weighted by Crippen LogP contribution is -2.52. The molecule has 0 aromatic heterocycles. The highest BCUT2D eigenvalue weighted by molar-refractivity contribution is 5.85. The van der Waals surface area contributed by atoms with Crippen LogP contribution < -0.4 is 0 Å². The van der Waals surface area contributed by atoms with Gasteiger partial charge in [-0.15, -0.1) is 0 Å². The summed E-state index contributed by atoms with van der Waals surface area (Å²) in [5.74, 6) is -1.05. The number of aliphatic carboxylic acids is 1. The van der Waals surface area contributed by atoms with E-state index >= 15 is 0 Å². The lowest BCUT2D eigenvalue weighted by atomic mass is 9.88. The molecule has 0 unspecified atom stereocenters. The van der Waals surface area contributed by atoms with E-state index in [1.54, 1.807) is 4.90 Å². The molecule has 0 bridgehead atoms. The number of nitrogens with zero attached hydrogens (tertiary/aromatic N) is 1. The van der Waals surface area contributed by atoms with E-state index in [-0.39, 0.29) is 24.9 Å². The Morgan fingerprint density at radius 2 is 1.74 bits per heavy atom. The van der Waals surface area contributed by atoms with Gasteiger partial charge in [-0.2, -0.15) is 0 Å². The molecule has 7 heteroatoms. The normalized spacial score (nSPS) is 32.0. The Morgan fingerprint density at radius 3 is 2.30 bits per heavy atom. The van der Waals surface area contributed by atoms with Crippen LogP contribution in [0.25, 0.3) is 0 Å². The fourth-order valence-electron chi connectivity index (χ4n) is 3.86. The van der Waals surface area contributed by atoms with Crippen LogP contribution in [0.4, 0.5) is 4.39 Å². The number of hydrogen-bond donors (Lipinski definition) is 1. The lowest BCUT2D eigenvalue weighted by Gasteiger charge is -2.39. The van der Waals surface area contributed by atoms with Crippen LogP contribution in [0.1, 0.15) is 38.5 Å². The minimum Gasteiger partial charge on any atom is -0.479 e. The largest absolute Gasteiger partial charge is 0.479 e. The van der Waals surface area contributed by atoms with Crippen molar-refractivity contribution in [1.82, 2.24) is 4.90 Å². The molecule has 3 aliphatic rings. The van der Waals surface area contributed by atoms with E-state index in [4.69, 9.17) is 14.6 Å². The number of amides is 1. The van der Waals surface area contributed by atoms with E-state index in [9.17, 15) is 14.0 Å². The van der Waals surface area contributed by atoms with E-state index in [2.05, 4.69) is 0 Å². The number of likely N-dealkylation sites (tertiary alicyclic amines) is 1. The van der Waals surface area contributed by atoms with Crippen molar-refractivity contribution in [1.29, 1.82) is 0 Å². The first-order valence-corrected chi connectivity index (χ1v) is 8.44. The van der Waals surface area contributed by atoms with Crippen LogP contribution in [0.3, 0.4) is 0 Å². The molecule has 6 nitrogen and oxygen atoms in total. The van der Waals surface area contributed by atoms with Gasteiger partial charge in [0, 0.05) is 25.9 Å². The van der Waals surface area contributed by atoms with Gasteiger partial charge in [0.1, 0.15) is 0 Å². The zero-order valence-corrected chi connectivity index (χ0v) is 13.2. The quantitative estimate of drug-likeness (QED) is 0.846. The molecule has 0 aromatic rings. The summed E-state index contributed by atoms with van der Waals surface area (Å²) in [5, 5.41) is 8.99. The van der Waals surface area contributed by atoms with Crippen molar-refractivity contribution in [2.75, 3.05) is 26.3 Å². The molecule has 130 valence electrons. The van der Waals surface area contributed by atoms with Gasteiger partial charge in [-0.1, -0.05) is 0 Å². The van der Waals surface area contributed by atoms with E-state index in [1.807, 2.05) is 0 Å². The maximum absolute atomic E-state index is 14.7. The van der Waals surface area contributed by atoms with Crippen LogP contribution in [0.5, 0.6) is 0 Å². The Labute approximate surface area is 134 Å². The highest BCUT2D eigenvalue weighted by atomic mass is 19.1. The van der Waals surface area contributed by atoms with Gasteiger partial charge in [0.05, 0.1) is 19.3 Å². The number of ether oxygens (including phenoxy) is 2. The van der Waals surface area contributed by atoms with Gasteiger partial charge in [-0.3, -0.25) is 4.79 Å². The minimum absolute atomic E-state index is 0.0456. The summed E-state index contributed by atoms with van der Waals surface area (Å²) >= 11 is 0. The van der Waals surface area contributed by atoms with Crippen molar-refractivity contribution < 1.29 is 28.6 Å². The zero-order chi connectivity index (χ0) is 16.4. The first-order valence-electron chi connectivity index (χ1n) is 8.44. The Hall–Kier alpha value is -1.21. The molecule has 3 fully saturated rings. The standard InChI is InChI=1S/C16H24FNO5/c17-16(5-9-22-10-6-16)15(21)18-7-3-11(4-8-18)12-1-2-13(23-12)14(19)20/h11-13H,1-10H2,(H,19,20)/t12-,13+/m0/s1. The average molecular weight is 329 g/mol. The zero-order valence-electron chi connectivity index (χ0n) is 13.2.